The van der Waals surface area contributed by atoms with E-state index >= 15 is 0 Å². The highest BCUT2D eigenvalue weighted by Crippen LogP contribution is 2.31. The van der Waals surface area contributed by atoms with Crippen molar-refractivity contribution in [1.82, 2.24) is 0 Å². The van der Waals surface area contributed by atoms with E-state index in [4.69, 9.17) is 5.26 Å². The highest BCUT2D eigenvalue weighted by molar-refractivity contribution is 7.86. The Morgan fingerprint density at radius 2 is 1.46 bits per heavy atom. The molecule has 2 rings (SSSR count). The molecule has 134 valence electrons. The number of benzene rings is 2. The van der Waals surface area contributed by atoms with Gasteiger partial charge in [-0.3, -0.25) is 4.21 Å². The summed E-state index contributed by atoms with van der Waals surface area (Å²) in [4.78, 5) is 0.703. The number of rotatable bonds is 10. The number of unbranched alkanes of at least 4 members (excludes halogenated alkanes) is 4. The van der Waals surface area contributed by atoms with Crippen LogP contribution in [0.5, 0.6) is 0 Å². The summed E-state index contributed by atoms with van der Waals surface area (Å²) < 4.78 is 12.4. The fourth-order valence-electron chi connectivity index (χ4n) is 3.05. The molecule has 0 fully saturated rings. The minimum atomic E-state index is -1.40. The fraction of sp³-hybridized carbons (Fsp3) is 0.364. The molecule has 0 saturated heterocycles. The van der Waals surface area contributed by atoms with Crippen molar-refractivity contribution in [3.63, 3.8) is 0 Å². The summed E-state index contributed by atoms with van der Waals surface area (Å²) in [6.07, 6.45) is 5.28. The van der Waals surface area contributed by atoms with Gasteiger partial charge < -0.3 is 0 Å². The van der Waals surface area contributed by atoms with E-state index in [2.05, 4.69) is 12.1 Å². The Labute approximate surface area is 158 Å². The average molecular weight is 365 g/mol. The van der Waals surface area contributed by atoms with Crippen molar-refractivity contribution in [2.75, 3.05) is 0 Å². The Hall–Kier alpha value is -2.43. The van der Waals surface area contributed by atoms with Crippen LogP contribution in [0.1, 0.15) is 44.1 Å². The van der Waals surface area contributed by atoms with E-state index in [1.165, 1.54) is 0 Å². The third-order valence-electron chi connectivity index (χ3n) is 4.47. The van der Waals surface area contributed by atoms with Crippen LogP contribution in [0.15, 0.2) is 65.6 Å². The van der Waals surface area contributed by atoms with Crippen molar-refractivity contribution in [2.45, 2.75) is 54.6 Å². The molecule has 2 aromatic rings. The molecule has 2 atom stereocenters. The van der Waals surface area contributed by atoms with Crippen LogP contribution < -0.4 is 0 Å². The van der Waals surface area contributed by atoms with Crippen LogP contribution in [0, 0.1) is 22.7 Å². The summed E-state index contributed by atoms with van der Waals surface area (Å²) in [6.45, 7) is 0. The van der Waals surface area contributed by atoms with E-state index in [9.17, 15) is 9.47 Å². The van der Waals surface area contributed by atoms with Crippen molar-refractivity contribution in [2.24, 2.45) is 0 Å². The van der Waals surface area contributed by atoms with Crippen LogP contribution in [-0.4, -0.2) is 8.96 Å². The normalized spacial score (nSPS) is 13.9. The van der Waals surface area contributed by atoms with E-state index in [-0.39, 0.29) is 0 Å². The maximum atomic E-state index is 13.3. The van der Waals surface area contributed by atoms with Crippen molar-refractivity contribution in [1.29, 1.82) is 10.5 Å². The summed E-state index contributed by atoms with van der Waals surface area (Å²) in [5.41, 5.74) is 1.03. The minimum Gasteiger partial charge on any atom is -0.253 e. The highest BCUT2D eigenvalue weighted by Gasteiger charge is 2.37. The third kappa shape index (κ3) is 5.55. The topological polar surface area (TPSA) is 64.7 Å². The number of hydrogen-bond donors (Lipinski definition) is 0. The molecule has 0 aromatic heterocycles. The Balaban J connectivity index is 2.17. The predicted octanol–water partition coefficient (Wildman–Crippen LogP) is 5.16. The maximum Gasteiger partial charge on any atom is 0.141 e. The predicted molar refractivity (Wildman–Crippen MR) is 105 cm³/mol. The maximum absolute atomic E-state index is 13.3. The molecule has 2 unspecified atom stereocenters. The van der Waals surface area contributed by atoms with Gasteiger partial charge in [-0.15, -0.1) is 0 Å². The molecule has 0 bridgehead atoms. The zero-order valence-electron chi connectivity index (χ0n) is 14.9. The number of nitriles is 2. The third-order valence-corrected chi connectivity index (χ3v) is 6.32. The van der Waals surface area contributed by atoms with Gasteiger partial charge in [-0.1, -0.05) is 67.8 Å². The first-order valence-corrected chi connectivity index (χ1v) is 10.2. The molecular formula is C22H24N2OS. The smallest absolute Gasteiger partial charge is 0.141 e. The quantitative estimate of drug-likeness (QED) is 0.547. The van der Waals surface area contributed by atoms with Crippen molar-refractivity contribution in [3.8, 4) is 12.1 Å². The SMILES string of the molecule is N#CCCCCCCC(C#N)(Cc1ccccc1)S(=O)c1ccccc1. The van der Waals surface area contributed by atoms with Gasteiger partial charge in [-0.25, -0.2) is 0 Å². The summed E-state index contributed by atoms with van der Waals surface area (Å²) in [5.74, 6) is 0. The summed E-state index contributed by atoms with van der Waals surface area (Å²) >= 11 is 0. The zero-order valence-corrected chi connectivity index (χ0v) is 15.8. The molecule has 0 radical (unpaired) electrons. The van der Waals surface area contributed by atoms with Crippen molar-refractivity contribution >= 4 is 10.8 Å². The molecule has 0 N–H and O–H groups in total. The number of nitrogens with zero attached hydrogens (tertiary/aromatic N) is 2. The molecule has 0 aliphatic heterocycles. The molecule has 0 aliphatic carbocycles. The van der Waals surface area contributed by atoms with Gasteiger partial charge in [-0.05, 0) is 30.5 Å². The summed E-state index contributed by atoms with van der Waals surface area (Å²) in [6, 6.07) is 23.7. The lowest BCUT2D eigenvalue weighted by molar-refractivity contribution is 0.544. The van der Waals surface area contributed by atoms with Gasteiger partial charge in [-0.2, -0.15) is 10.5 Å². The summed E-state index contributed by atoms with van der Waals surface area (Å²) in [7, 11) is -1.40. The molecule has 0 amide bonds. The van der Waals surface area contributed by atoms with Gasteiger partial charge in [0.25, 0.3) is 0 Å². The Morgan fingerprint density at radius 3 is 2.08 bits per heavy atom. The van der Waals surface area contributed by atoms with Crippen molar-refractivity contribution < 1.29 is 4.21 Å². The van der Waals surface area contributed by atoms with Gasteiger partial charge in [0.05, 0.1) is 22.9 Å². The second kappa shape index (κ2) is 10.5. The van der Waals surface area contributed by atoms with Gasteiger partial charge in [0.15, 0.2) is 0 Å². The van der Waals surface area contributed by atoms with Crippen LogP contribution in [0.3, 0.4) is 0 Å². The summed E-state index contributed by atoms with van der Waals surface area (Å²) in [5, 5.41) is 18.6. The molecule has 2 aromatic carbocycles. The molecule has 0 aliphatic rings. The first-order valence-electron chi connectivity index (χ1n) is 9.01. The second-order valence-electron chi connectivity index (χ2n) is 6.42. The van der Waals surface area contributed by atoms with Crippen LogP contribution in [0.4, 0.5) is 0 Å². The Morgan fingerprint density at radius 1 is 0.846 bits per heavy atom. The fourth-order valence-corrected chi connectivity index (χ4v) is 4.61. The van der Waals surface area contributed by atoms with Gasteiger partial charge in [0, 0.05) is 17.7 Å². The van der Waals surface area contributed by atoms with E-state index in [0.29, 0.717) is 24.2 Å². The largest absolute Gasteiger partial charge is 0.253 e. The molecule has 26 heavy (non-hydrogen) atoms. The van der Waals surface area contributed by atoms with Crippen LogP contribution in [0.25, 0.3) is 0 Å². The Bertz CT molecular complexity index is 777. The minimum absolute atomic E-state index is 0.476. The Kier molecular flexibility index (Phi) is 8.06. The highest BCUT2D eigenvalue weighted by atomic mass is 32.2. The van der Waals surface area contributed by atoms with Crippen molar-refractivity contribution in [3.05, 3.63) is 66.2 Å². The molecule has 3 nitrogen and oxygen atoms in total. The van der Waals surface area contributed by atoms with Gasteiger partial charge in [0.2, 0.25) is 0 Å². The van der Waals surface area contributed by atoms with E-state index in [0.717, 1.165) is 31.2 Å². The average Bonchev–Trinajstić information content (AvgIpc) is 2.70. The van der Waals surface area contributed by atoms with Gasteiger partial charge >= 0.3 is 0 Å². The molecule has 0 saturated carbocycles. The van der Waals surface area contributed by atoms with E-state index in [1.807, 2.05) is 60.7 Å². The first-order chi connectivity index (χ1) is 12.7. The first kappa shape index (κ1) is 19.9. The number of hydrogen-bond acceptors (Lipinski definition) is 3. The lowest BCUT2D eigenvalue weighted by Gasteiger charge is -2.26. The lowest BCUT2D eigenvalue weighted by atomic mass is 9.93. The second-order valence-corrected chi connectivity index (χ2v) is 8.21. The van der Waals surface area contributed by atoms with Crippen LogP contribution in [-0.2, 0) is 17.2 Å². The molecule has 0 spiro atoms. The van der Waals surface area contributed by atoms with Gasteiger partial charge in [0.1, 0.15) is 4.75 Å². The van der Waals surface area contributed by atoms with E-state index < -0.39 is 15.5 Å². The lowest BCUT2D eigenvalue weighted by Crippen LogP contribution is -2.35. The molecular weight excluding hydrogens is 340 g/mol. The molecule has 0 heterocycles. The van der Waals surface area contributed by atoms with E-state index in [1.54, 1.807) is 0 Å². The standard InChI is InChI=1S/C22H24N2OS/c23-17-11-3-1-2-10-16-22(19-24,18-20-12-6-4-7-13-20)26(25)21-14-8-5-9-15-21/h4-9,12-15H,1-3,10-11,16,18H2. The monoisotopic (exact) mass is 364 g/mol. The molecule has 4 heteroatoms. The van der Waals surface area contributed by atoms with Crippen LogP contribution in [0.2, 0.25) is 0 Å². The zero-order chi connectivity index (χ0) is 18.7. The van der Waals surface area contributed by atoms with Crippen LogP contribution >= 0.6 is 0 Å².